The van der Waals surface area contributed by atoms with Gasteiger partial charge in [0.1, 0.15) is 11.6 Å². The van der Waals surface area contributed by atoms with E-state index in [4.69, 9.17) is 4.74 Å². The second-order valence-corrected chi connectivity index (χ2v) is 8.98. The Kier molecular flexibility index (Phi) is 5.79. The SMILES string of the molecule is CCCNC(=O)[C@H]1[C@H]2C(=O)N(CCO)C(C(=O)NCc3ccccc3)C23CC[C@]1(C)O3. The summed E-state index contributed by atoms with van der Waals surface area (Å²) in [4.78, 5) is 41.3. The first-order valence-corrected chi connectivity index (χ1v) is 11.1. The molecule has 8 nitrogen and oxygen atoms in total. The Morgan fingerprint density at radius 3 is 2.61 bits per heavy atom. The van der Waals surface area contributed by atoms with Crippen molar-refractivity contribution in [1.82, 2.24) is 15.5 Å². The third-order valence-corrected chi connectivity index (χ3v) is 7.01. The van der Waals surface area contributed by atoms with E-state index in [2.05, 4.69) is 10.6 Å². The maximum absolute atomic E-state index is 13.5. The van der Waals surface area contributed by atoms with E-state index in [-0.39, 0.29) is 30.9 Å². The summed E-state index contributed by atoms with van der Waals surface area (Å²) in [5.41, 5.74) is -0.874. The molecule has 31 heavy (non-hydrogen) atoms. The highest BCUT2D eigenvalue weighted by molar-refractivity contribution is 5.99. The molecule has 3 saturated heterocycles. The van der Waals surface area contributed by atoms with Gasteiger partial charge in [-0.2, -0.15) is 0 Å². The van der Waals surface area contributed by atoms with Crippen LogP contribution in [0.15, 0.2) is 30.3 Å². The average molecular weight is 430 g/mol. The molecule has 3 heterocycles. The van der Waals surface area contributed by atoms with Crippen molar-refractivity contribution in [3.8, 4) is 0 Å². The Hall–Kier alpha value is -2.45. The first-order chi connectivity index (χ1) is 14.9. The number of rotatable bonds is 8. The number of amides is 3. The molecule has 0 aliphatic carbocycles. The molecule has 4 rings (SSSR count). The molecule has 1 aromatic carbocycles. The van der Waals surface area contributed by atoms with Gasteiger partial charge >= 0.3 is 0 Å². The van der Waals surface area contributed by atoms with Gasteiger partial charge in [-0.1, -0.05) is 37.3 Å². The first kappa shape index (κ1) is 21.8. The van der Waals surface area contributed by atoms with Gasteiger partial charge in [0.05, 0.1) is 24.0 Å². The molecule has 3 N–H and O–H groups in total. The number of hydrogen-bond acceptors (Lipinski definition) is 5. The summed E-state index contributed by atoms with van der Waals surface area (Å²) in [6.07, 6.45) is 1.93. The number of carbonyl (C=O) groups is 3. The lowest BCUT2D eigenvalue weighted by Crippen LogP contribution is -2.55. The Balaban J connectivity index is 1.63. The number of aliphatic hydroxyl groups excluding tert-OH is 1. The van der Waals surface area contributed by atoms with Gasteiger partial charge in [-0.25, -0.2) is 0 Å². The minimum absolute atomic E-state index is 0.0316. The standard InChI is InChI=1S/C23H31N3O5/c1-3-11-24-19(28)16-17-21(30)26(12-13-27)18(23(17)10-9-22(16,2)31-23)20(29)25-14-15-7-5-4-6-8-15/h4-8,16-18,27H,3,9-14H2,1-2H3,(H,24,28)(H,25,29)/t16-,17+,18?,22+,23?/m1/s1. The Bertz CT molecular complexity index is 862. The smallest absolute Gasteiger partial charge is 0.246 e. The van der Waals surface area contributed by atoms with Crippen molar-refractivity contribution in [3.63, 3.8) is 0 Å². The lowest BCUT2D eigenvalue weighted by atomic mass is 9.66. The number of benzene rings is 1. The largest absolute Gasteiger partial charge is 0.395 e. The zero-order valence-corrected chi connectivity index (χ0v) is 18.1. The van der Waals surface area contributed by atoms with E-state index in [1.54, 1.807) is 0 Å². The van der Waals surface area contributed by atoms with Gasteiger partial charge in [-0.3, -0.25) is 14.4 Å². The van der Waals surface area contributed by atoms with Crippen LogP contribution in [0.3, 0.4) is 0 Å². The van der Waals surface area contributed by atoms with Crippen LogP contribution in [-0.4, -0.2) is 64.7 Å². The fourth-order valence-electron chi connectivity index (χ4n) is 5.72. The summed E-state index contributed by atoms with van der Waals surface area (Å²) in [6, 6.07) is 8.67. The van der Waals surface area contributed by atoms with E-state index >= 15 is 0 Å². The van der Waals surface area contributed by atoms with Crippen molar-refractivity contribution in [3.05, 3.63) is 35.9 Å². The summed E-state index contributed by atoms with van der Waals surface area (Å²) in [6.45, 7) is 4.47. The average Bonchev–Trinajstić information content (AvgIpc) is 3.32. The van der Waals surface area contributed by atoms with Crippen LogP contribution in [0, 0.1) is 11.8 Å². The molecule has 5 atom stereocenters. The van der Waals surface area contributed by atoms with Gasteiger partial charge in [0.15, 0.2) is 0 Å². The predicted octanol–water partition coefficient (Wildman–Crippen LogP) is 0.586. The molecule has 8 heteroatoms. The zero-order chi connectivity index (χ0) is 22.2. The Labute approximate surface area is 182 Å². The van der Waals surface area contributed by atoms with Crippen LogP contribution >= 0.6 is 0 Å². The van der Waals surface area contributed by atoms with Crippen molar-refractivity contribution in [2.24, 2.45) is 11.8 Å². The summed E-state index contributed by atoms with van der Waals surface area (Å²) in [7, 11) is 0. The summed E-state index contributed by atoms with van der Waals surface area (Å²) < 4.78 is 6.45. The van der Waals surface area contributed by atoms with Crippen molar-refractivity contribution in [2.45, 2.75) is 56.9 Å². The lowest BCUT2D eigenvalue weighted by Gasteiger charge is -2.33. The van der Waals surface area contributed by atoms with E-state index in [1.165, 1.54) is 4.90 Å². The molecule has 3 aliphatic rings. The van der Waals surface area contributed by atoms with Gasteiger partial charge in [0.2, 0.25) is 17.7 Å². The number of likely N-dealkylation sites (tertiary alicyclic amines) is 1. The van der Waals surface area contributed by atoms with Crippen molar-refractivity contribution >= 4 is 17.7 Å². The van der Waals surface area contributed by atoms with Crippen LogP contribution < -0.4 is 10.6 Å². The van der Waals surface area contributed by atoms with Crippen LogP contribution in [-0.2, 0) is 25.7 Å². The molecule has 2 bridgehead atoms. The highest BCUT2D eigenvalue weighted by Crippen LogP contribution is 2.63. The second kappa shape index (κ2) is 8.24. The third kappa shape index (κ3) is 3.42. The number of ether oxygens (including phenoxy) is 1. The van der Waals surface area contributed by atoms with Crippen molar-refractivity contribution in [2.75, 3.05) is 19.7 Å². The molecule has 2 unspecified atom stereocenters. The maximum atomic E-state index is 13.5. The fraction of sp³-hybridized carbons (Fsp3) is 0.609. The number of carbonyl (C=O) groups excluding carboxylic acids is 3. The molecule has 1 aromatic rings. The van der Waals surface area contributed by atoms with E-state index in [0.717, 1.165) is 12.0 Å². The molecular formula is C23H31N3O5. The number of fused-ring (bicyclic) bond motifs is 1. The number of nitrogens with zero attached hydrogens (tertiary/aromatic N) is 1. The number of aliphatic hydroxyl groups is 1. The lowest BCUT2D eigenvalue weighted by molar-refractivity contribution is -0.146. The van der Waals surface area contributed by atoms with Crippen molar-refractivity contribution in [1.29, 1.82) is 0 Å². The van der Waals surface area contributed by atoms with E-state index < -0.39 is 29.1 Å². The predicted molar refractivity (Wildman–Crippen MR) is 113 cm³/mol. The van der Waals surface area contributed by atoms with Crippen LogP contribution in [0.4, 0.5) is 0 Å². The fourth-order valence-corrected chi connectivity index (χ4v) is 5.72. The second-order valence-electron chi connectivity index (χ2n) is 8.98. The summed E-state index contributed by atoms with van der Waals surface area (Å²) in [5.74, 6) is -2.16. The van der Waals surface area contributed by atoms with Gasteiger partial charge in [-0.15, -0.1) is 0 Å². The molecule has 0 radical (unpaired) electrons. The molecule has 3 fully saturated rings. The monoisotopic (exact) mass is 429 g/mol. The van der Waals surface area contributed by atoms with Gasteiger partial charge < -0.3 is 25.4 Å². The summed E-state index contributed by atoms with van der Waals surface area (Å²) >= 11 is 0. The number of β-amino-alcohol motifs (C(OH)–C–C–N with tert-alkyl or cyclic N) is 1. The van der Waals surface area contributed by atoms with Gasteiger partial charge in [-0.05, 0) is 31.7 Å². The van der Waals surface area contributed by atoms with Gasteiger partial charge in [0.25, 0.3) is 0 Å². The minimum Gasteiger partial charge on any atom is -0.395 e. The molecule has 1 spiro atoms. The van der Waals surface area contributed by atoms with Crippen LogP contribution in [0.2, 0.25) is 0 Å². The minimum atomic E-state index is -1.05. The van der Waals surface area contributed by atoms with Crippen LogP contribution in [0.5, 0.6) is 0 Å². The quantitative estimate of drug-likeness (QED) is 0.561. The number of hydrogen-bond donors (Lipinski definition) is 3. The molecule has 168 valence electrons. The molecular weight excluding hydrogens is 398 g/mol. The van der Waals surface area contributed by atoms with E-state index in [9.17, 15) is 19.5 Å². The van der Waals surface area contributed by atoms with E-state index in [1.807, 2.05) is 44.2 Å². The van der Waals surface area contributed by atoms with Crippen LogP contribution in [0.25, 0.3) is 0 Å². The normalized spacial score (nSPS) is 33.5. The first-order valence-electron chi connectivity index (χ1n) is 11.1. The summed E-state index contributed by atoms with van der Waals surface area (Å²) in [5, 5.41) is 15.4. The van der Waals surface area contributed by atoms with Crippen LogP contribution in [0.1, 0.15) is 38.7 Å². The molecule has 0 aromatic heterocycles. The third-order valence-electron chi connectivity index (χ3n) is 7.01. The maximum Gasteiger partial charge on any atom is 0.246 e. The zero-order valence-electron chi connectivity index (χ0n) is 18.1. The molecule has 0 saturated carbocycles. The highest BCUT2D eigenvalue weighted by atomic mass is 16.5. The Morgan fingerprint density at radius 2 is 1.94 bits per heavy atom. The topological polar surface area (TPSA) is 108 Å². The molecule has 3 aliphatic heterocycles. The molecule has 3 amide bonds. The van der Waals surface area contributed by atoms with Gasteiger partial charge in [0, 0.05) is 19.6 Å². The highest BCUT2D eigenvalue weighted by Gasteiger charge is 2.77. The van der Waals surface area contributed by atoms with Crippen molar-refractivity contribution < 1.29 is 24.2 Å². The Morgan fingerprint density at radius 1 is 1.19 bits per heavy atom. The van der Waals surface area contributed by atoms with E-state index in [0.29, 0.717) is 25.9 Å². The number of nitrogens with one attached hydrogen (secondary N) is 2.